The second-order valence-corrected chi connectivity index (χ2v) is 7.96. The second kappa shape index (κ2) is 6.01. The van der Waals surface area contributed by atoms with Crippen LogP contribution in [0.4, 0.5) is 5.82 Å². The van der Waals surface area contributed by atoms with Crippen LogP contribution in [0, 0.1) is 6.92 Å². The quantitative estimate of drug-likeness (QED) is 0.711. The van der Waals surface area contributed by atoms with Crippen LogP contribution >= 0.6 is 11.3 Å². The molecule has 0 spiro atoms. The fourth-order valence-corrected chi connectivity index (χ4v) is 4.00. The van der Waals surface area contributed by atoms with Crippen molar-refractivity contribution in [1.82, 2.24) is 29.9 Å². The first kappa shape index (κ1) is 15.7. The average Bonchev–Trinajstić information content (AvgIpc) is 3.32. The third kappa shape index (κ3) is 2.82. The molecule has 0 bridgehead atoms. The normalized spacial score (nSPS) is 16.6. The Hall–Kier alpha value is -2.55. The van der Waals surface area contributed by atoms with Crippen LogP contribution in [0.15, 0.2) is 6.20 Å². The third-order valence-electron chi connectivity index (χ3n) is 4.71. The Morgan fingerprint density at radius 1 is 1.35 bits per heavy atom. The molecule has 2 aliphatic rings. The van der Waals surface area contributed by atoms with E-state index in [0.717, 1.165) is 58.6 Å². The highest BCUT2D eigenvalue weighted by Crippen LogP contribution is 2.39. The number of aromatic nitrogens is 5. The van der Waals surface area contributed by atoms with E-state index < -0.39 is 0 Å². The Morgan fingerprint density at radius 3 is 3.04 bits per heavy atom. The van der Waals surface area contributed by atoms with Gasteiger partial charge in [0.05, 0.1) is 11.9 Å². The minimum Gasteiger partial charge on any atom is -0.369 e. The van der Waals surface area contributed by atoms with Gasteiger partial charge in [0.15, 0.2) is 0 Å². The van der Waals surface area contributed by atoms with E-state index in [0.29, 0.717) is 24.7 Å². The summed E-state index contributed by atoms with van der Waals surface area (Å²) in [6.45, 7) is 3.32. The third-order valence-corrected chi connectivity index (χ3v) is 5.55. The van der Waals surface area contributed by atoms with Gasteiger partial charge in [-0.3, -0.25) is 4.79 Å². The molecule has 1 aliphatic carbocycles. The molecule has 8 nitrogen and oxygen atoms in total. The van der Waals surface area contributed by atoms with Crippen LogP contribution in [0.25, 0.3) is 4.96 Å². The number of nitrogens with one attached hydrogen (secondary N) is 2. The number of aryl methyl sites for hydroxylation is 1. The predicted molar refractivity (Wildman–Crippen MR) is 97.8 cm³/mol. The summed E-state index contributed by atoms with van der Waals surface area (Å²) in [5.74, 6) is 1.92. The monoisotopic (exact) mass is 369 g/mol. The van der Waals surface area contributed by atoms with Crippen molar-refractivity contribution in [2.75, 3.05) is 18.4 Å². The fourth-order valence-electron chi connectivity index (χ4n) is 3.26. The molecule has 1 fully saturated rings. The van der Waals surface area contributed by atoms with Crippen LogP contribution in [0.1, 0.15) is 51.3 Å². The smallest absolute Gasteiger partial charge is 0.270 e. The Bertz CT molecular complexity index is 973. The molecule has 1 aliphatic heterocycles. The number of anilines is 1. The molecule has 26 heavy (non-hydrogen) atoms. The predicted octanol–water partition coefficient (Wildman–Crippen LogP) is 1.71. The van der Waals surface area contributed by atoms with Crippen molar-refractivity contribution in [3.63, 3.8) is 0 Å². The molecule has 134 valence electrons. The topological polar surface area (TPSA) is 97.1 Å². The Kier molecular flexibility index (Phi) is 3.63. The molecule has 1 amide bonds. The largest absolute Gasteiger partial charge is 0.369 e. The van der Waals surface area contributed by atoms with Crippen LogP contribution in [0.2, 0.25) is 0 Å². The first-order chi connectivity index (χ1) is 12.7. The Morgan fingerprint density at radius 2 is 2.23 bits per heavy atom. The van der Waals surface area contributed by atoms with Gasteiger partial charge in [-0.15, -0.1) is 0 Å². The van der Waals surface area contributed by atoms with Gasteiger partial charge in [-0.2, -0.15) is 5.10 Å². The van der Waals surface area contributed by atoms with Crippen LogP contribution in [0.3, 0.4) is 0 Å². The number of carbonyl (C=O) groups is 1. The summed E-state index contributed by atoms with van der Waals surface area (Å²) in [6, 6.07) is 0. The molecule has 0 unspecified atom stereocenters. The van der Waals surface area contributed by atoms with Crippen molar-refractivity contribution in [1.29, 1.82) is 0 Å². The highest BCUT2D eigenvalue weighted by atomic mass is 32.1. The molecule has 0 aromatic carbocycles. The van der Waals surface area contributed by atoms with E-state index in [1.165, 1.54) is 0 Å². The van der Waals surface area contributed by atoms with Crippen molar-refractivity contribution in [2.45, 2.75) is 38.5 Å². The van der Waals surface area contributed by atoms with Gasteiger partial charge in [0, 0.05) is 31.0 Å². The van der Waals surface area contributed by atoms with Gasteiger partial charge in [-0.05, 0) is 26.2 Å². The number of rotatable bonds is 5. The summed E-state index contributed by atoms with van der Waals surface area (Å²) in [6.07, 6.45) is 5.73. The number of fused-ring (bicyclic) bond motifs is 2. The lowest BCUT2D eigenvalue weighted by molar-refractivity contribution is 0.0940. The average molecular weight is 369 g/mol. The van der Waals surface area contributed by atoms with Gasteiger partial charge in [-0.25, -0.2) is 19.5 Å². The summed E-state index contributed by atoms with van der Waals surface area (Å²) < 4.78 is 1.83. The van der Waals surface area contributed by atoms with Gasteiger partial charge >= 0.3 is 0 Å². The zero-order valence-electron chi connectivity index (χ0n) is 14.4. The standard InChI is InChI=1S/C17H19N7OS/c1-9-23-24-8-11(20-17(24)26-9)4-6-18-15-12-5-7-19-16(25)13(12)21-14(22-15)10-2-3-10/h8,10H,2-7H2,1H3,(H,19,25)(H,18,21,22). The van der Waals surface area contributed by atoms with Gasteiger partial charge in [0.25, 0.3) is 5.91 Å². The van der Waals surface area contributed by atoms with Crippen LogP contribution in [-0.2, 0) is 12.8 Å². The molecular weight excluding hydrogens is 350 g/mol. The van der Waals surface area contributed by atoms with E-state index in [2.05, 4.69) is 25.7 Å². The molecule has 5 rings (SSSR count). The summed E-state index contributed by atoms with van der Waals surface area (Å²) in [7, 11) is 0. The minimum atomic E-state index is -0.0885. The van der Waals surface area contributed by atoms with Crippen molar-refractivity contribution in [2.24, 2.45) is 0 Å². The molecule has 0 saturated heterocycles. The Labute approximate surface area is 154 Å². The lowest BCUT2D eigenvalue weighted by Crippen LogP contribution is -2.34. The zero-order valence-corrected chi connectivity index (χ0v) is 15.3. The number of hydrogen-bond acceptors (Lipinski definition) is 7. The molecule has 9 heteroatoms. The van der Waals surface area contributed by atoms with E-state index >= 15 is 0 Å². The lowest BCUT2D eigenvalue weighted by atomic mass is 10.1. The van der Waals surface area contributed by atoms with Gasteiger partial charge in [-0.1, -0.05) is 11.3 Å². The van der Waals surface area contributed by atoms with Crippen LogP contribution in [-0.4, -0.2) is 43.6 Å². The van der Waals surface area contributed by atoms with Crippen LogP contribution < -0.4 is 10.6 Å². The SMILES string of the molecule is Cc1nn2cc(CCNc3nc(C4CC4)nc4c3CCNC4=O)nc2s1. The number of hydrogen-bond donors (Lipinski definition) is 2. The zero-order chi connectivity index (χ0) is 17.7. The number of amides is 1. The van der Waals surface area contributed by atoms with E-state index in [4.69, 9.17) is 4.98 Å². The number of nitrogens with zero attached hydrogens (tertiary/aromatic N) is 5. The molecule has 0 atom stereocenters. The number of imidazole rings is 1. The van der Waals surface area contributed by atoms with Gasteiger partial charge in [0.1, 0.15) is 22.3 Å². The Balaban J connectivity index is 1.35. The first-order valence-corrected chi connectivity index (χ1v) is 9.73. The molecule has 2 N–H and O–H groups in total. The van der Waals surface area contributed by atoms with Crippen LogP contribution in [0.5, 0.6) is 0 Å². The molecular formula is C17H19N7OS. The minimum absolute atomic E-state index is 0.0885. The maximum atomic E-state index is 12.2. The highest BCUT2D eigenvalue weighted by Gasteiger charge is 2.31. The summed E-state index contributed by atoms with van der Waals surface area (Å²) in [4.78, 5) is 26.9. The van der Waals surface area contributed by atoms with E-state index in [1.807, 2.05) is 17.6 Å². The molecule has 1 saturated carbocycles. The maximum Gasteiger partial charge on any atom is 0.270 e. The highest BCUT2D eigenvalue weighted by molar-refractivity contribution is 7.16. The lowest BCUT2D eigenvalue weighted by Gasteiger charge is -2.20. The first-order valence-electron chi connectivity index (χ1n) is 8.92. The second-order valence-electron chi connectivity index (χ2n) is 6.79. The summed E-state index contributed by atoms with van der Waals surface area (Å²) in [5.41, 5.74) is 2.47. The summed E-state index contributed by atoms with van der Waals surface area (Å²) in [5, 5.41) is 11.7. The van der Waals surface area contributed by atoms with E-state index in [1.54, 1.807) is 11.3 Å². The molecule has 3 aromatic rings. The van der Waals surface area contributed by atoms with E-state index in [9.17, 15) is 4.79 Å². The maximum absolute atomic E-state index is 12.2. The van der Waals surface area contributed by atoms with Crippen molar-refractivity contribution in [3.05, 3.63) is 34.0 Å². The molecule has 0 radical (unpaired) electrons. The number of carbonyl (C=O) groups excluding carboxylic acids is 1. The van der Waals surface area contributed by atoms with Crippen molar-refractivity contribution in [3.8, 4) is 0 Å². The molecule has 4 heterocycles. The van der Waals surface area contributed by atoms with Gasteiger partial charge in [0.2, 0.25) is 4.96 Å². The van der Waals surface area contributed by atoms with Crippen molar-refractivity contribution >= 4 is 28.0 Å². The fraction of sp³-hybridized carbons (Fsp3) is 0.471. The van der Waals surface area contributed by atoms with E-state index in [-0.39, 0.29) is 5.91 Å². The van der Waals surface area contributed by atoms with Crippen molar-refractivity contribution < 1.29 is 4.79 Å². The summed E-state index contributed by atoms with van der Waals surface area (Å²) >= 11 is 1.59. The molecule has 3 aromatic heterocycles. The van der Waals surface area contributed by atoms with Gasteiger partial charge < -0.3 is 10.6 Å².